The molecule has 0 radical (unpaired) electrons. The van der Waals surface area contributed by atoms with E-state index < -0.39 is 0 Å². The standard InChI is InChI=1S/C18H21N3O3/c22-10-14-11-5-6-12(7-11)18(14)20-17(24)9-21-15-4-2-1-3-13(15)16(23)8-19-21/h1-4,8,11-12,14,18,22H,5-7,9-10H2,(H,20,24). The van der Waals surface area contributed by atoms with E-state index in [2.05, 4.69) is 10.4 Å². The average molecular weight is 327 g/mol. The van der Waals surface area contributed by atoms with Gasteiger partial charge < -0.3 is 10.4 Å². The first kappa shape index (κ1) is 15.3. The fourth-order valence-electron chi connectivity index (χ4n) is 4.55. The minimum Gasteiger partial charge on any atom is -0.396 e. The van der Waals surface area contributed by atoms with Crippen LogP contribution in [-0.4, -0.2) is 33.4 Å². The van der Waals surface area contributed by atoms with Gasteiger partial charge in [-0.2, -0.15) is 5.10 Å². The number of hydrogen-bond acceptors (Lipinski definition) is 4. The van der Waals surface area contributed by atoms with Gasteiger partial charge in [0, 0.05) is 24.0 Å². The lowest BCUT2D eigenvalue weighted by molar-refractivity contribution is -0.123. The van der Waals surface area contributed by atoms with E-state index in [9.17, 15) is 14.7 Å². The third-order valence-electron chi connectivity index (χ3n) is 5.68. The molecule has 1 heterocycles. The second-order valence-electron chi connectivity index (χ2n) is 6.96. The van der Waals surface area contributed by atoms with E-state index in [1.165, 1.54) is 6.20 Å². The Bertz CT molecular complexity index is 832. The number of rotatable bonds is 4. The molecule has 2 N–H and O–H groups in total. The highest BCUT2D eigenvalue weighted by atomic mass is 16.3. The summed E-state index contributed by atoms with van der Waals surface area (Å²) in [5.74, 6) is 1.07. The summed E-state index contributed by atoms with van der Waals surface area (Å²) in [6.45, 7) is 0.206. The van der Waals surface area contributed by atoms with Gasteiger partial charge in [-0.25, -0.2) is 0 Å². The molecule has 2 bridgehead atoms. The lowest BCUT2D eigenvalue weighted by atomic mass is 9.85. The minimum atomic E-state index is -0.143. The molecule has 2 saturated carbocycles. The molecule has 4 unspecified atom stereocenters. The van der Waals surface area contributed by atoms with Crippen molar-refractivity contribution in [3.05, 3.63) is 40.7 Å². The van der Waals surface area contributed by atoms with Crippen molar-refractivity contribution in [2.75, 3.05) is 6.61 Å². The zero-order chi connectivity index (χ0) is 16.7. The molecule has 0 aliphatic heterocycles. The Balaban J connectivity index is 1.53. The van der Waals surface area contributed by atoms with Gasteiger partial charge in [0.1, 0.15) is 6.54 Å². The SMILES string of the molecule is O=C(Cn1ncc(=O)c2ccccc21)NC1C2CCC(C2)C1CO. The first-order chi connectivity index (χ1) is 11.7. The molecule has 1 aromatic carbocycles. The van der Waals surface area contributed by atoms with E-state index in [1.807, 2.05) is 6.07 Å². The average Bonchev–Trinajstić information content (AvgIpc) is 3.19. The maximum atomic E-state index is 12.5. The summed E-state index contributed by atoms with van der Waals surface area (Å²) in [5, 5.41) is 17.4. The Labute approximate surface area is 139 Å². The second kappa shape index (κ2) is 6.02. The maximum absolute atomic E-state index is 12.5. The van der Waals surface area contributed by atoms with Crippen LogP contribution in [0, 0.1) is 17.8 Å². The maximum Gasteiger partial charge on any atom is 0.241 e. The van der Waals surface area contributed by atoms with Crippen molar-refractivity contribution in [2.45, 2.75) is 31.8 Å². The number of benzene rings is 1. The quantitative estimate of drug-likeness (QED) is 0.874. The molecule has 24 heavy (non-hydrogen) atoms. The van der Waals surface area contributed by atoms with Crippen LogP contribution in [-0.2, 0) is 11.3 Å². The third kappa shape index (κ3) is 2.51. The molecule has 126 valence electrons. The number of nitrogens with one attached hydrogen (secondary N) is 1. The second-order valence-corrected chi connectivity index (χ2v) is 6.96. The van der Waals surface area contributed by atoms with Gasteiger partial charge in [-0.1, -0.05) is 12.1 Å². The Hall–Kier alpha value is -2.21. The summed E-state index contributed by atoms with van der Waals surface area (Å²) in [7, 11) is 0. The molecule has 2 aromatic rings. The highest BCUT2D eigenvalue weighted by molar-refractivity contribution is 5.81. The van der Waals surface area contributed by atoms with E-state index in [4.69, 9.17) is 0 Å². The summed E-state index contributed by atoms with van der Waals surface area (Å²) in [6, 6.07) is 7.23. The zero-order valence-corrected chi connectivity index (χ0v) is 13.4. The van der Waals surface area contributed by atoms with Gasteiger partial charge in [0.2, 0.25) is 11.3 Å². The van der Waals surface area contributed by atoms with Crippen LogP contribution in [0.25, 0.3) is 10.9 Å². The highest BCUT2D eigenvalue weighted by Gasteiger charge is 2.47. The highest BCUT2D eigenvalue weighted by Crippen LogP contribution is 2.48. The van der Waals surface area contributed by atoms with E-state index in [-0.39, 0.29) is 36.4 Å². The fourth-order valence-corrected chi connectivity index (χ4v) is 4.55. The van der Waals surface area contributed by atoms with Gasteiger partial charge in [-0.3, -0.25) is 14.3 Å². The molecule has 4 rings (SSSR count). The van der Waals surface area contributed by atoms with Gasteiger partial charge in [-0.05, 0) is 43.2 Å². The fraction of sp³-hybridized carbons (Fsp3) is 0.500. The first-order valence-corrected chi connectivity index (χ1v) is 8.52. The van der Waals surface area contributed by atoms with Crippen LogP contribution in [0.4, 0.5) is 0 Å². The lowest BCUT2D eigenvalue weighted by Crippen LogP contribution is -2.46. The molecule has 6 nitrogen and oxygen atoms in total. The van der Waals surface area contributed by atoms with E-state index in [0.29, 0.717) is 22.7 Å². The number of carbonyl (C=O) groups excluding carboxylic acids is 1. The number of fused-ring (bicyclic) bond motifs is 3. The Kier molecular flexibility index (Phi) is 3.84. The lowest BCUT2D eigenvalue weighted by Gasteiger charge is -2.30. The van der Waals surface area contributed by atoms with Gasteiger partial charge in [0.15, 0.2) is 0 Å². The number of aromatic nitrogens is 2. The Morgan fingerprint density at radius 3 is 2.92 bits per heavy atom. The molecular weight excluding hydrogens is 306 g/mol. The Morgan fingerprint density at radius 2 is 2.08 bits per heavy atom. The molecule has 2 fully saturated rings. The molecule has 2 aliphatic carbocycles. The predicted molar refractivity (Wildman–Crippen MR) is 89.3 cm³/mol. The largest absolute Gasteiger partial charge is 0.396 e. The van der Waals surface area contributed by atoms with E-state index in [1.54, 1.807) is 22.9 Å². The van der Waals surface area contributed by atoms with E-state index >= 15 is 0 Å². The van der Waals surface area contributed by atoms with Crippen molar-refractivity contribution in [2.24, 2.45) is 17.8 Å². The van der Waals surface area contributed by atoms with Gasteiger partial charge in [0.05, 0.1) is 11.7 Å². The summed E-state index contributed by atoms with van der Waals surface area (Å²) >= 11 is 0. The van der Waals surface area contributed by atoms with E-state index in [0.717, 1.165) is 19.3 Å². The van der Waals surface area contributed by atoms with Crippen LogP contribution in [0.2, 0.25) is 0 Å². The van der Waals surface area contributed by atoms with Crippen LogP contribution in [0.3, 0.4) is 0 Å². The van der Waals surface area contributed by atoms with Gasteiger partial charge >= 0.3 is 0 Å². The predicted octanol–water partition coefficient (Wildman–Crippen LogP) is 0.920. The summed E-state index contributed by atoms with van der Waals surface area (Å²) in [6.07, 6.45) is 4.65. The molecular formula is C18H21N3O3. The number of nitrogens with zero attached hydrogens (tertiary/aromatic N) is 2. The van der Waals surface area contributed by atoms with Crippen LogP contribution < -0.4 is 10.7 Å². The number of para-hydroxylation sites is 1. The van der Waals surface area contributed by atoms with Crippen LogP contribution in [0.5, 0.6) is 0 Å². The van der Waals surface area contributed by atoms with Gasteiger partial charge in [-0.15, -0.1) is 0 Å². The van der Waals surface area contributed by atoms with Crippen molar-refractivity contribution < 1.29 is 9.90 Å². The van der Waals surface area contributed by atoms with Crippen LogP contribution in [0.1, 0.15) is 19.3 Å². The smallest absolute Gasteiger partial charge is 0.241 e. The molecule has 1 amide bonds. The molecule has 0 spiro atoms. The molecule has 2 aliphatic rings. The van der Waals surface area contributed by atoms with Crippen molar-refractivity contribution in [3.63, 3.8) is 0 Å². The number of carbonyl (C=O) groups is 1. The minimum absolute atomic E-state index is 0.0619. The topological polar surface area (TPSA) is 84.2 Å². The number of hydrogen-bond donors (Lipinski definition) is 2. The summed E-state index contributed by atoms with van der Waals surface area (Å²) < 4.78 is 1.56. The molecule has 4 atom stereocenters. The van der Waals surface area contributed by atoms with Crippen molar-refractivity contribution in [3.8, 4) is 0 Å². The summed E-state index contributed by atoms with van der Waals surface area (Å²) in [4.78, 5) is 24.4. The summed E-state index contributed by atoms with van der Waals surface area (Å²) in [5.41, 5.74) is 0.516. The third-order valence-corrected chi connectivity index (χ3v) is 5.68. The molecule has 1 aromatic heterocycles. The van der Waals surface area contributed by atoms with Crippen LogP contribution >= 0.6 is 0 Å². The van der Waals surface area contributed by atoms with Crippen molar-refractivity contribution >= 4 is 16.8 Å². The van der Waals surface area contributed by atoms with Gasteiger partial charge in [0.25, 0.3) is 0 Å². The normalized spacial score (nSPS) is 28.4. The zero-order valence-electron chi connectivity index (χ0n) is 13.4. The number of aliphatic hydroxyl groups is 1. The Morgan fingerprint density at radius 1 is 1.29 bits per heavy atom. The first-order valence-electron chi connectivity index (χ1n) is 8.52. The number of aliphatic hydroxyl groups excluding tert-OH is 1. The van der Waals surface area contributed by atoms with Crippen molar-refractivity contribution in [1.82, 2.24) is 15.1 Å². The molecule has 0 saturated heterocycles. The monoisotopic (exact) mass is 327 g/mol. The van der Waals surface area contributed by atoms with Crippen LogP contribution in [0.15, 0.2) is 35.3 Å². The number of amides is 1. The van der Waals surface area contributed by atoms with Crippen molar-refractivity contribution in [1.29, 1.82) is 0 Å². The molecule has 6 heteroatoms.